The number of carbonyl (C=O) groups is 1. The molecule has 1 atom stereocenters. The van der Waals surface area contributed by atoms with Gasteiger partial charge in [-0.2, -0.15) is 0 Å². The smallest absolute Gasteiger partial charge is 0.222 e. The highest BCUT2D eigenvalue weighted by Crippen LogP contribution is 2.32. The number of amides is 1. The maximum absolute atomic E-state index is 13.7. The van der Waals surface area contributed by atoms with Crippen LogP contribution in [-0.2, 0) is 4.79 Å². The Morgan fingerprint density at radius 1 is 1.48 bits per heavy atom. The van der Waals surface area contributed by atoms with Crippen LogP contribution in [0.15, 0.2) is 12.1 Å². The van der Waals surface area contributed by atoms with Crippen molar-refractivity contribution in [1.82, 2.24) is 14.5 Å². The van der Waals surface area contributed by atoms with Crippen LogP contribution in [0.2, 0.25) is 0 Å². The molecule has 7 heteroatoms. The predicted octanol–water partition coefficient (Wildman–Crippen LogP) is 1.56. The zero-order valence-electron chi connectivity index (χ0n) is 12.0. The van der Waals surface area contributed by atoms with Crippen LogP contribution in [0, 0.1) is 5.82 Å². The SMILES string of the molecule is COc1cc2c(cc1F)nc(N)n2C1CCC(=O)N(C)C1. The van der Waals surface area contributed by atoms with Gasteiger partial charge in [0.05, 0.1) is 24.2 Å². The Kier molecular flexibility index (Phi) is 3.19. The Hall–Kier alpha value is -2.31. The van der Waals surface area contributed by atoms with Crippen LogP contribution in [0.25, 0.3) is 11.0 Å². The summed E-state index contributed by atoms with van der Waals surface area (Å²) in [6, 6.07) is 2.95. The first-order valence-electron chi connectivity index (χ1n) is 6.76. The van der Waals surface area contributed by atoms with Crippen LogP contribution >= 0.6 is 0 Å². The third-order valence-corrected chi connectivity index (χ3v) is 3.96. The van der Waals surface area contributed by atoms with Crippen LogP contribution in [0.4, 0.5) is 10.3 Å². The van der Waals surface area contributed by atoms with Gasteiger partial charge in [0.1, 0.15) is 0 Å². The molecule has 0 aliphatic carbocycles. The van der Waals surface area contributed by atoms with Gasteiger partial charge in [-0.15, -0.1) is 0 Å². The summed E-state index contributed by atoms with van der Waals surface area (Å²) < 4.78 is 20.6. The Morgan fingerprint density at radius 3 is 2.90 bits per heavy atom. The number of anilines is 1. The maximum Gasteiger partial charge on any atom is 0.222 e. The quantitative estimate of drug-likeness (QED) is 0.911. The molecule has 21 heavy (non-hydrogen) atoms. The topological polar surface area (TPSA) is 73.4 Å². The zero-order valence-corrected chi connectivity index (χ0v) is 12.0. The predicted molar refractivity (Wildman–Crippen MR) is 76.6 cm³/mol. The van der Waals surface area contributed by atoms with Crippen molar-refractivity contribution in [2.45, 2.75) is 18.9 Å². The number of aromatic nitrogens is 2. The van der Waals surface area contributed by atoms with Gasteiger partial charge in [0.2, 0.25) is 11.9 Å². The first-order chi connectivity index (χ1) is 10.0. The first kappa shape index (κ1) is 13.7. The van der Waals surface area contributed by atoms with Gasteiger partial charge in [-0.25, -0.2) is 9.37 Å². The number of fused-ring (bicyclic) bond motifs is 1. The Labute approximate surface area is 121 Å². The summed E-state index contributed by atoms with van der Waals surface area (Å²) >= 11 is 0. The number of rotatable bonds is 2. The van der Waals surface area contributed by atoms with Gasteiger partial charge in [-0.1, -0.05) is 0 Å². The van der Waals surface area contributed by atoms with E-state index in [-0.39, 0.29) is 17.7 Å². The second kappa shape index (κ2) is 4.91. The number of ether oxygens (including phenoxy) is 1. The van der Waals surface area contributed by atoms with Gasteiger partial charge in [-0.3, -0.25) is 4.79 Å². The fourth-order valence-electron chi connectivity index (χ4n) is 2.86. The van der Waals surface area contributed by atoms with E-state index in [2.05, 4.69) is 4.98 Å². The van der Waals surface area contributed by atoms with Gasteiger partial charge in [0.15, 0.2) is 11.6 Å². The van der Waals surface area contributed by atoms with E-state index in [1.165, 1.54) is 13.2 Å². The number of nitrogens with two attached hydrogens (primary N) is 1. The molecule has 1 aromatic heterocycles. The lowest BCUT2D eigenvalue weighted by Gasteiger charge is -2.31. The fourth-order valence-corrected chi connectivity index (χ4v) is 2.86. The van der Waals surface area contributed by atoms with E-state index in [1.54, 1.807) is 18.0 Å². The average Bonchev–Trinajstić information content (AvgIpc) is 2.76. The Morgan fingerprint density at radius 2 is 2.24 bits per heavy atom. The minimum Gasteiger partial charge on any atom is -0.494 e. The molecule has 0 radical (unpaired) electrons. The van der Waals surface area contributed by atoms with Crippen molar-refractivity contribution < 1.29 is 13.9 Å². The summed E-state index contributed by atoms with van der Waals surface area (Å²) in [7, 11) is 3.19. The van der Waals surface area contributed by atoms with Crippen LogP contribution in [0.3, 0.4) is 0 Å². The number of benzene rings is 1. The minimum atomic E-state index is -0.467. The van der Waals surface area contributed by atoms with Crippen molar-refractivity contribution in [2.75, 3.05) is 26.4 Å². The standard InChI is InChI=1S/C14H17FN4O2/c1-18-7-8(3-4-13(18)20)19-11-6-12(21-2)9(15)5-10(11)17-14(19)16/h5-6,8H,3-4,7H2,1-2H3,(H2,16,17). The summed E-state index contributed by atoms with van der Waals surface area (Å²) in [5.74, 6) is 0.137. The molecule has 0 bridgehead atoms. The normalized spacial score (nSPS) is 19.3. The van der Waals surface area contributed by atoms with Crippen molar-refractivity contribution in [3.8, 4) is 5.75 Å². The first-order valence-corrected chi connectivity index (χ1v) is 6.76. The molecule has 3 rings (SSSR count). The van der Waals surface area contributed by atoms with E-state index in [0.29, 0.717) is 30.9 Å². The molecule has 0 spiro atoms. The second-order valence-electron chi connectivity index (χ2n) is 5.28. The van der Waals surface area contributed by atoms with E-state index in [4.69, 9.17) is 10.5 Å². The molecule has 6 nitrogen and oxygen atoms in total. The molecule has 2 aromatic rings. The van der Waals surface area contributed by atoms with Crippen molar-refractivity contribution in [1.29, 1.82) is 0 Å². The molecule has 1 amide bonds. The molecular formula is C14H17FN4O2. The Bertz CT molecular complexity index is 713. The van der Waals surface area contributed by atoms with E-state index < -0.39 is 5.82 Å². The van der Waals surface area contributed by atoms with Crippen LogP contribution in [-0.4, -0.2) is 41.1 Å². The lowest BCUT2D eigenvalue weighted by molar-refractivity contribution is -0.132. The molecule has 2 N–H and O–H groups in total. The number of piperidine rings is 1. The third kappa shape index (κ3) is 2.18. The summed E-state index contributed by atoms with van der Waals surface area (Å²) in [6.07, 6.45) is 1.16. The molecule has 1 fully saturated rings. The number of carbonyl (C=O) groups excluding carboxylic acids is 1. The van der Waals surface area contributed by atoms with Crippen LogP contribution < -0.4 is 10.5 Å². The number of likely N-dealkylation sites (tertiary alicyclic amines) is 1. The van der Waals surface area contributed by atoms with Gasteiger partial charge < -0.3 is 19.9 Å². The molecular weight excluding hydrogens is 275 g/mol. The highest BCUT2D eigenvalue weighted by molar-refractivity contribution is 5.81. The second-order valence-corrected chi connectivity index (χ2v) is 5.28. The molecule has 0 saturated carbocycles. The van der Waals surface area contributed by atoms with Crippen LogP contribution in [0.1, 0.15) is 18.9 Å². The zero-order chi connectivity index (χ0) is 15.1. The third-order valence-electron chi connectivity index (χ3n) is 3.96. The number of imidazole rings is 1. The number of hydrogen-bond donors (Lipinski definition) is 1. The van der Waals surface area contributed by atoms with E-state index in [1.807, 2.05) is 4.57 Å². The molecule has 112 valence electrons. The fraction of sp³-hybridized carbons (Fsp3) is 0.429. The molecule has 1 saturated heterocycles. The Balaban J connectivity index is 2.09. The molecule has 1 aliphatic heterocycles. The highest BCUT2D eigenvalue weighted by Gasteiger charge is 2.27. The number of halogens is 1. The van der Waals surface area contributed by atoms with Gasteiger partial charge in [-0.05, 0) is 6.42 Å². The van der Waals surface area contributed by atoms with Crippen molar-refractivity contribution in [2.24, 2.45) is 0 Å². The summed E-state index contributed by atoms with van der Waals surface area (Å²) in [5, 5.41) is 0. The van der Waals surface area contributed by atoms with E-state index >= 15 is 0 Å². The molecule has 1 unspecified atom stereocenters. The molecule has 1 aliphatic rings. The average molecular weight is 292 g/mol. The summed E-state index contributed by atoms with van der Waals surface area (Å²) in [6.45, 7) is 0.564. The summed E-state index contributed by atoms with van der Waals surface area (Å²) in [4.78, 5) is 17.5. The number of hydrogen-bond acceptors (Lipinski definition) is 4. The van der Waals surface area contributed by atoms with Crippen molar-refractivity contribution in [3.63, 3.8) is 0 Å². The maximum atomic E-state index is 13.7. The highest BCUT2D eigenvalue weighted by atomic mass is 19.1. The summed E-state index contributed by atoms with van der Waals surface area (Å²) in [5.41, 5.74) is 7.20. The van der Waals surface area contributed by atoms with Crippen LogP contribution in [0.5, 0.6) is 5.75 Å². The molecule has 1 aromatic carbocycles. The van der Waals surface area contributed by atoms with Gasteiger partial charge in [0.25, 0.3) is 0 Å². The number of likely N-dealkylation sites (N-methyl/N-ethyl adjacent to an activating group) is 1. The molecule has 2 heterocycles. The van der Waals surface area contributed by atoms with Gasteiger partial charge >= 0.3 is 0 Å². The van der Waals surface area contributed by atoms with Crippen molar-refractivity contribution in [3.05, 3.63) is 17.9 Å². The largest absolute Gasteiger partial charge is 0.494 e. The number of nitrogens with zero attached hydrogens (tertiary/aromatic N) is 3. The monoisotopic (exact) mass is 292 g/mol. The van der Waals surface area contributed by atoms with E-state index in [0.717, 1.165) is 5.52 Å². The lowest BCUT2D eigenvalue weighted by atomic mass is 10.1. The van der Waals surface area contributed by atoms with Gasteiger partial charge in [0, 0.05) is 32.1 Å². The lowest BCUT2D eigenvalue weighted by Crippen LogP contribution is -2.38. The number of methoxy groups -OCH3 is 1. The van der Waals surface area contributed by atoms with E-state index in [9.17, 15) is 9.18 Å². The van der Waals surface area contributed by atoms with Crippen molar-refractivity contribution >= 4 is 22.9 Å². The number of nitrogen functional groups attached to an aromatic ring is 1. The minimum absolute atomic E-state index is 0.0351.